The van der Waals surface area contributed by atoms with Gasteiger partial charge in [0.15, 0.2) is 11.6 Å². The van der Waals surface area contributed by atoms with Gasteiger partial charge in [0.1, 0.15) is 0 Å². The molecule has 0 aliphatic heterocycles. The Labute approximate surface area is 360 Å². The van der Waals surface area contributed by atoms with E-state index in [9.17, 15) is 36.0 Å². The first-order valence-corrected chi connectivity index (χ1v) is 22.1. The minimum absolute atomic E-state index is 0.0133. The number of carbonyl (C=O) groups excluding carboxylic acids is 3. The molecule has 8 N–H and O–H groups in total. The molecule has 0 unspecified atom stereocenters. The van der Waals surface area contributed by atoms with Crippen LogP contribution in [0.15, 0.2) is 168 Å². The number of halogens is 1. The lowest BCUT2D eigenvalue weighted by Crippen LogP contribution is -2.14. The zero-order valence-electron chi connectivity index (χ0n) is 33.0. The molecule has 0 atom stereocenters. The molecule has 0 aliphatic rings. The second kappa shape index (κ2) is 23.9. The Morgan fingerprint density at radius 1 is 0.508 bits per heavy atom. The maximum Gasteiger partial charge on any atom is 0.303 e. The van der Waals surface area contributed by atoms with Gasteiger partial charge in [-0.3, -0.25) is 19.2 Å². The van der Waals surface area contributed by atoms with Crippen LogP contribution >= 0.6 is 11.6 Å². The van der Waals surface area contributed by atoms with Gasteiger partial charge in [0, 0.05) is 52.9 Å². The van der Waals surface area contributed by atoms with Crippen molar-refractivity contribution in [3.05, 3.63) is 191 Å². The zero-order valence-corrected chi connectivity index (χ0v) is 35.4. The second-order valence-electron chi connectivity index (χ2n) is 12.9. The molecule has 61 heavy (non-hydrogen) atoms. The van der Waals surface area contributed by atoms with Crippen LogP contribution in [0.25, 0.3) is 0 Å². The summed E-state index contributed by atoms with van der Waals surface area (Å²) < 4.78 is 43.8. The van der Waals surface area contributed by atoms with Crippen LogP contribution in [0, 0.1) is 0 Å². The molecule has 0 saturated carbocycles. The van der Waals surface area contributed by atoms with Crippen molar-refractivity contribution in [3.63, 3.8) is 0 Å². The average molecular weight is 885 g/mol. The van der Waals surface area contributed by atoms with Gasteiger partial charge in [-0.1, -0.05) is 109 Å². The Hall–Kier alpha value is -6.49. The van der Waals surface area contributed by atoms with Gasteiger partial charge in [0.25, 0.3) is 0 Å². The van der Waals surface area contributed by atoms with Gasteiger partial charge in [0.2, 0.25) is 26.0 Å². The number of rotatable bonds is 13. The highest BCUT2D eigenvalue weighted by Crippen LogP contribution is 2.16. The van der Waals surface area contributed by atoms with Crippen LogP contribution in [0.4, 0.5) is 11.4 Å². The smallest absolute Gasteiger partial charge is 0.303 e. The first-order valence-electron chi connectivity index (χ1n) is 18.3. The fourth-order valence-electron chi connectivity index (χ4n) is 5.28. The summed E-state index contributed by atoms with van der Waals surface area (Å²) in [5.41, 5.74) is 10.7. The highest BCUT2D eigenvalue weighted by molar-refractivity contribution is 7.89. The predicted octanol–water partition coefficient (Wildman–Crippen LogP) is 6.84. The van der Waals surface area contributed by atoms with Gasteiger partial charge in [0.05, 0.1) is 9.79 Å². The number of hydrogen-bond acceptors (Lipinski definition) is 9. The molecule has 16 heteroatoms. The van der Waals surface area contributed by atoms with Crippen LogP contribution in [-0.4, -0.2) is 51.8 Å². The molecule has 6 rings (SSSR count). The summed E-state index contributed by atoms with van der Waals surface area (Å²) in [5, 5.41) is 21.2. The Bertz CT molecular complexity index is 2580. The summed E-state index contributed by atoms with van der Waals surface area (Å²) in [5.74, 6) is -1.08. The third-order valence-electron chi connectivity index (χ3n) is 8.45. The summed E-state index contributed by atoms with van der Waals surface area (Å²) in [4.78, 5) is 47.2. The number of carboxylic acid groups (broad SMARTS) is 1. The van der Waals surface area contributed by atoms with E-state index in [1.165, 1.54) is 54.9 Å². The number of carboxylic acids is 1. The van der Waals surface area contributed by atoms with Crippen LogP contribution in [0.5, 0.6) is 0 Å². The predicted molar refractivity (Wildman–Crippen MR) is 237 cm³/mol. The van der Waals surface area contributed by atoms with Crippen LogP contribution in [0.1, 0.15) is 55.8 Å². The van der Waals surface area contributed by atoms with E-state index in [2.05, 4.69) is 16.9 Å². The van der Waals surface area contributed by atoms with E-state index in [1.807, 2.05) is 48.5 Å². The minimum atomic E-state index is -3.76. The quantitative estimate of drug-likeness (QED) is 0.0459. The number of ketones is 2. The van der Waals surface area contributed by atoms with E-state index in [1.54, 1.807) is 60.7 Å². The third kappa shape index (κ3) is 17.0. The van der Waals surface area contributed by atoms with E-state index in [-0.39, 0.29) is 40.1 Å². The highest BCUT2D eigenvalue weighted by Gasteiger charge is 2.12. The molecule has 6 aromatic rings. The number of alkyl halides is 1. The molecule has 318 valence electrons. The summed E-state index contributed by atoms with van der Waals surface area (Å²) in [6, 6.07) is 43.8. The monoisotopic (exact) mass is 884 g/mol. The average Bonchev–Trinajstić information content (AvgIpc) is 3.26. The number of nitrogens with one attached hydrogen (secondary N) is 1. The SMILES string of the molecule is CCl.NS(=O)(=O)c1ccc(NC(=O)CCc2ccc(C(=O)c3ccccc3)cc2)cc1.Nc1ccc(S(N)(=O)=O)cc1.O=C(O)CCc1ccc(C(=O)c2ccccc2)cc1. The maximum absolute atomic E-state index is 12.4. The number of aryl methyl sites for hydroxylation is 2. The lowest BCUT2D eigenvalue weighted by Gasteiger charge is -2.07. The van der Waals surface area contributed by atoms with Crippen molar-refractivity contribution in [1.29, 1.82) is 0 Å². The van der Waals surface area contributed by atoms with Gasteiger partial charge in [-0.2, -0.15) is 0 Å². The lowest BCUT2D eigenvalue weighted by molar-refractivity contribution is -0.137. The molecule has 0 bridgehead atoms. The van der Waals surface area contributed by atoms with Crippen molar-refractivity contribution in [2.45, 2.75) is 35.5 Å². The Kier molecular flexibility index (Phi) is 19.2. The summed E-state index contributed by atoms with van der Waals surface area (Å²) >= 11 is 4.64. The van der Waals surface area contributed by atoms with Gasteiger partial charge >= 0.3 is 5.97 Å². The maximum atomic E-state index is 12.4. The fraction of sp³-hybridized carbons (Fsp3) is 0.111. The van der Waals surface area contributed by atoms with Crippen molar-refractivity contribution in [1.82, 2.24) is 0 Å². The van der Waals surface area contributed by atoms with Crippen molar-refractivity contribution in [2.24, 2.45) is 10.3 Å². The summed E-state index contributed by atoms with van der Waals surface area (Å²) in [6.45, 7) is 0. The molecule has 0 aromatic heterocycles. The van der Waals surface area contributed by atoms with Crippen LogP contribution in [0.2, 0.25) is 0 Å². The molecule has 13 nitrogen and oxygen atoms in total. The topological polar surface area (TPSA) is 247 Å². The van der Waals surface area contributed by atoms with Gasteiger partial charge in [-0.15, -0.1) is 11.6 Å². The van der Waals surface area contributed by atoms with Gasteiger partial charge in [-0.05, 0) is 72.5 Å². The third-order valence-corrected chi connectivity index (χ3v) is 10.3. The normalized spacial score (nSPS) is 10.6. The van der Waals surface area contributed by atoms with Crippen molar-refractivity contribution >= 4 is 66.5 Å². The highest BCUT2D eigenvalue weighted by atomic mass is 35.5. The molecule has 1 amide bonds. The molecular weight excluding hydrogens is 840 g/mol. The van der Waals surface area contributed by atoms with Crippen molar-refractivity contribution in [3.8, 4) is 0 Å². The largest absolute Gasteiger partial charge is 0.481 e. The number of aliphatic carboxylic acids is 1. The number of benzene rings is 6. The van der Waals surface area contributed by atoms with E-state index >= 15 is 0 Å². The Morgan fingerprint density at radius 2 is 0.852 bits per heavy atom. The number of nitrogens with two attached hydrogens (primary N) is 3. The number of hydrogen-bond donors (Lipinski definition) is 5. The number of primary sulfonamides is 2. The summed E-state index contributed by atoms with van der Waals surface area (Å²) in [7, 11) is -7.33. The van der Waals surface area contributed by atoms with E-state index in [0.717, 1.165) is 11.1 Å². The summed E-state index contributed by atoms with van der Waals surface area (Å²) in [6.07, 6.45) is 2.82. The van der Waals surface area contributed by atoms with Crippen LogP contribution in [0.3, 0.4) is 0 Å². The molecule has 0 heterocycles. The molecule has 0 saturated heterocycles. The lowest BCUT2D eigenvalue weighted by atomic mass is 10.0. The molecule has 0 spiro atoms. The first-order chi connectivity index (χ1) is 29.0. The standard InChI is InChI=1S/C22H20N2O4S.C16H14O3.C6H8N2O2S.CH3Cl/c23-29(27,28)20-13-11-19(12-14-20)24-21(25)15-8-16-6-9-18(10-7-16)22(26)17-4-2-1-3-5-17;17-15(18)11-8-12-6-9-14(10-7-12)16(19)13-4-2-1-3-5-13;7-5-1-3-6(4-2-5)11(8,9)10;1-2/h1-7,9-14H,8,15H2,(H,24,25)(H2,23,27,28);1-7,9-10H,8,11H2,(H,17,18);1-4H,7H2,(H2,8,9,10);1H3. The second-order valence-corrected chi connectivity index (χ2v) is 16.0. The van der Waals surface area contributed by atoms with E-state index in [4.69, 9.17) is 21.1 Å². The van der Waals surface area contributed by atoms with Crippen LogP contribution in [-0.2, 0) is 42.5 Å². The number of anilines is 2. The Balaban J connectivity index is 0.000000265. The molecule has 0 aliphatic carbocycles. The minimum Gasteiger partial charge on any atom is -0.481 e. The molecule has 6 aromatic carbocycles. The number of sulfonamides is 2. The van der Waals surface area contributed by atoms with E-state index in [0.29, 0.717) is 46.5 Å². The number of nitrogen functional groups attached to an aromatic ring is 1. The van der Waals surface area contributed by atoms with Crippen LogP contribution < -0.4 is 21.3 Å². The van der Waals surface area contributed by atoms with E-state index < -0.39 is 26.0 Å². The first kappa shape index (κ1) is 48.9. The van der Waals surface area contributed by atoms with Crippen molar-refractivity contribution in [2.75, 3.05) is 17.4 Å². The Morgan fingerprint density at radius 3 is 1.21 bits per heavy atom. The van der Waals surface area contributed by atoms with Gasteiger partial charge in [-0.25, -0.2) is 27.1 Å². The molecule has 0 radical (unpaired) electrons. The van der Waals surface area contributed by atoms with Gasteiger partial charge < -0.3 is 16.2 Å². The molecule has 0 fully saturated rings. The zero-order chi connectivity index (χ0) is 45.0. The number of carbonyl (C=O) groups is 4. The molecular formula is C45H45ClN4O9S2. The number of amides is 1. The van der Waals surface area contributed by atoms with Crippen molar-refractivity contribution < 1.29 is 41.1 Å². The fourth-order valence-corrected chi connectivity index (χ4v) is 6.31.